The molecule has 0 spiro atoms. The zero-order chi connectivity index (χ0) is 18.4. The van der Waals surface area contributed by atoms with Crippen molar-refractivity contribution in [2.75, 3.05) is 31.1 Å². The predicted octanol–water partition coefficient (Wildman–Crippen LogP) is 2.91. The van der Waals surface area contributed by atoms with Crippen molar-refractivity contribution in [3.8, 4) is 11.3 Å². The van der Waals surface area contributed by atoms with Crippen LogP contribution in [0.25, 0.3) is 16.9 Å². The third-order valence-corrected chi connectivity index (χ3v) is 5.87. The van der Waals surface area contributed by atoms with E-state index in [1.54, 1.807) is 6.07 Å². The third-order valence-electron chi connectivity index (χ3n) is 5.87. The zero-order valence-corrected chi connectivity index (χ0v) is 15.5. The number of hydrogen-bond acceptors (Lipinski definition) is 5. The van der Waals surface area contributed by atoms with Crippen LogP contribution >= 0.6 is 0 Å². The van der Waals surface area contributed by atoms with E-state index in [2.05, 4.69) is 19.8 Å². The molecule has 1 saturated heterocycles. The van der Waals surface area contributed by atoms with Crippen LogP contribution in [0.4, 0.5) is 10.2 Å². The lowest BCUT2D eigenvalue weighted by Gasteiger charge is -2.43. The van der Waals surface area contributed by atoms with E-state index in [0.29, 0.717) is 0 Å². The van der Waals surface area contributed by atoms with Crippen LogP contribution in [0.15, 0.2) is 30.5 Å². The maximum atomic E-state index is 13.6. The van der Waals surface area contributed by atoms with Crippen molar-refractivity contribution in [3.63, 3.8) is 0 Å². The summed E-state index contributed by atoms with van der Waals surface area (Å²) in [6.07, 6.45) is 5.56. The highest BCUT2D eigenvalue weighted by Gasteiger charge is 2.28. The van der Waals surface area contributed by atoms with Gasteiger partial charge in [0.15, 0.2) is 5.65 Å². The Bertz CT molecular complexity index is 972. The maximum absolute atomic E-state index is 13.6. The molecule has 0 aromatic carbocycles. The van der Waals surface area contributed by atoms with Crippen LogP contribution < -0.4 is 4.90 Å². The Balaban J connectivity index is 1.45. The molecule has 0 bridgehead atoms. The fourth-order valence-corrected chi connectivity index (χ4v) is 4.15. The molecule has 2 fully saturated rings. The highest BCUT2D eigenvalue weighted by Crippen LogP contribution is 2.28. The van der Waals surface area contributed by atoms with E-state index in [1.807, 2.05) is 23.6 Å². The summed E-state index contributed by atoms with van der Waals surface area (Å²) in [7, 11) is 0. The minimum absolute atomic E-state index is 0.495. The predicted molar refractivity (Wildman–Crippen MR) is 102 cm³/mol. The molecule has 0 atom stereocenters. The van der Waals surface area contributed by atoms with Crippen LogP contribution in [-0.2, 0) is 0 Å². The van der Waals surface area contributed by atoms with Gasteiger partial charge in [-0.2, -0.15) is 4.39 Å². The Morgan fingerprint density at radius 1 is 1.07 bits per heavy atom. The molecule has 2 aliphatic rings. The summed E-state index contributed by atoms with van der Waals surface area (Å²) in [6, 6.07) is 8.06. The highest BCUT2D eigenvalue weighted by molar-refractivity contribution is 5.66. The monoisotopic (exact) mass is 366 g/mol. The number of nitrogens with zero attached hydrogens (tertiary/aromatic N) is 6. The van der Waals surface area contributed by atoms with Gasteiger partial charge in [0.1, 0.15) is 5.82 Å². The van der Waals surface area contributed by atoms with E-state index in [1.165, 1.54) is 31.5 Å². The lowest BCUT2D eigenvalue weighted by Crippen LogP contribution is -2.52. The Kier molecular flexibility index (Phi) is 4.04. The Labute approximate surface area is 157 Å². The van der Waals surface area contributed by atoms with Crippen LogP contribution in [0.1, 0.15) is 25.0 Å². The number of halogens is 1. The summed E-state index contributed by atoms with van der Waals surface area (Å²) in [5.41, 5.74) is 3.17. The van der Waals surface area contributed by atoms with Gasteiger partial charge < -0.3 is 4.90 Å². The number of pyridine rings is 1. The van der Waals surface area contributed by atoms with Crippen molar-refractivity contribution in [1.82, 2.24) is 24.5 Å². The van der Waals surface area contributed by atoms with Crippen molar-refractivity contribution < 1.29 is 4.39 Å². The van der Waals surface area contributed by atoms with E-state index >= 15 is 0 Å². The molecule has 0 radical (unpaired) electrons. The zero-order valence-electron chi connectivity index (χ0n) is 15.5. The van der Waals surface area contributed by atoms with Gasteiger partial charge in [0.25, 0.3) is 0 Å². The van der Waals surface area contributed by atoms with Gasteiger partial charge in [0.05, 0.1) is 11.4 Å². The molecular formula is C20H23FN6. The van der Waals surface area contributed by atoms with Gasteiger partial charge in [-0.25, -0.2) is 14.5 Å². The van der Waals surface area contributed by atoms with Gasteiger partial charge >= 0.3 is 0 Å². The molecule has 140 valence electrons. The summed E-state index contributed by atoms with van der Waals surface area (Å²) < 4.78 is 15.5. The van der Waals surface area contributed by atoms with Gasteiger partial charge in [0.2, 0.25) is 5.95 Å². The topological polar surface area (TPSA) is 49.6 Å². The lowest BCUT2D eigenvalue weighted by atomic mass is 9.91. The normalized spacial score (nSPS) is 18.8. The standard InChI is InChI=1S/C20H23FN6/c1-14-20(15-7-8-22-17(21)13-15)27-18(23-14)5-6-19(24-27)26-11-9-25(10-12-26)16-3-2-4-16/h5-8,13,16H,2-4,9-12H2,1H3. The molecule has 1 aliphatic carbocycles. The Morgan fingerprint density at radius 2 is 1.89 bits per heavy atom. The van der Waals surface area contributed by atoms with Gasteiger partial charge in [-0.15, -0.1) is 5.10 Å². The summed E-state index contributed by atoms with van der Waals surface area (Å²) in [5.74, 6) is 0.453. The van der Waals surface area contributed by atoms with Crippen LogP contribution in [0.2, 0.25) is 0 Å². The number of rotatable bonds is 3. The van der Waals surface area contributed by atoms with E-state index < -0.39 is 5.95 Å². The van der Waals surface area contributed by atoms with Crippen LogP contribution in [0.5, 0.6) is 0 Å². The van der Waals surface area contributed by atoms with E-state index in [4.69, 9.17) is 5.10 Å². The van der Waals surface area contributed by atoms with Gasteiger partial charge in [0, 0.05) is 50.0 Å². The number of hydrogen-bond donors (Lipinski definition) is 0. The SMILES string of the molecule is Cc1nc2ccc(N3CCN(C4CCC4)CC3)nn2c1-c1ccnc(F)c1. The lowest BCUT2D eigenvalue weighted by molar-refractivity contribution is 0.120. The number of piperazine rings is 1. The van der Waals surface area contributed by atoms with Crippen LogP contribution in [-0.4, -0.2) is 56.7 Å². The number of fused-ring (bicyclic) bond motifs is 1. The smallest absolute Gasteiger partial charge is 0.213 e. The van der Waals surface area contributed by atoms with Gasteiger partial charge in [-0.3, -0.25) is 4.90 Å². The molecule has 0 amide bonds. The molecular weight excluding hydrogens is 343 g/mol. The van der Waals surface area contributed by atoms with Crippen molar-refractivity contribution in [2.24, 2.45) is 0 Å². The fourth-order valence-electron chi connectivity index (χ4n) is 4.15. The number of aromatic nitrogens is 4. The Hall–Kier alpha value is -2.54. The number of imidazole rings is 1. The average molecular weight is 366 g/mol. The minimum Gasteiger partial charge on any atom is -0.353 e. The molecule has 1 saturated carbocycles. The first-order valence-corrected chi connectivity index (χ1v) is 9.66. The van der Waals surface area contributed by atoms with Crippen molar-refractivity contribution in [1.29, 1.82) is 0 Å². The molecule has 5 rings (SSSR count). The van der Waals surface area contributed by atoms with E-state index in [-0.39, 0.29) is 0 Å². The second kappa shape index (κ2) is 6.56. The molecule has 0 N–H and O–H groups in total. The molecule has 1 aliphatic heterocycles. The number of aryl methyl sites for hydroxylation is 1. The minimum atomic E-state index is -0.495. The maximum Gasteiger partial charge on any atom is 0.213 e. The third kappa shape index (κ3) is 2.96. The summed E-state index contributed by atoms with van der Waals surface area (Å²) >= 11 is 0. The molecule has 3 aromatic heterocycles. The van der Waals surface area contributed by atoms with Gasteiger partial charge in [-0.05, 0) is 38.0 Å². The number of anilines is 1. The quantitative estimate of drug-likeness (QED) is 0.667. The summed E-state index contributed by atoms with van der Waals surface area (Å²) in [6.45, 7) is 6.09. The second-order valence-corrected chi connectivity index (χ2v) is 7.48. The molecule has 4 heterocycles. The highest BCUT2D eigenvalue weighted by atomic mass is 19.1. The first-order chi connectivity index (χ1) is 13.2. The summed E-state index contributed by atoms with van der Waals surface area (Å²) in [5, 5.41) is 4.85. The van der Waals surface area contributed by atoms with E-state index in [9.17, 15) is 4.39 Å². The molecule has 6 nitrogen and oxygen atoms in total. The first kappa shape index (κ1) is 16.6. The van der Waals surface area contributed by atoms with E-state index in [0.717, 1.165) is 60.6 Å². The molecule has 0 unspecified atom stereocenters. The fraction of sp³-hybridized carbons (Fsp3) is 0.450. The Morgan fingerprint density at radius 3 is 2.59 bits per heavy atom. The summed E-state index contributed by atoms with van der Waals surface area (Å²) in [4.78, 5) is 13.2. The van der Waals surface area contributed by atoms with Crippen molar-refractivity contribution in [2.45, 2.75) is 32.2 Å². The molecule has 27 heavy (non-hydrogen) atoms. The molecule has 3 aromatic rings. The molecule has 7 heteroatoms. The van der Waals surface area contributed by atoms with Crippen molar-refractivity contribution in [3.05, 3.63) is 42.1 Å². The second-order valence-electron chi connectivity index (χ2n) is 7.48. The first-order valence-electron chi connectivity index (χ1n) is 9.66. The largest absolute Gasteiger partial charge is 0.353 e. The van der Waals surface area contributed by atoms with Gasteiger partial charge in [-0.1, -0.05) is 6.42 Å². The van der Waals surface area contributed by atoms with Crippen LogP contribution in [0, 0.1) is 12.9 Å². The van der Waals surface area contributed by atoms with Crippen molar-refractivity contribution >= 4 is 11.5 Å². The van der Waals surface area contributed by atoms with Crippen LogP contribution in [0.3, 0.4) is 0 Å². The average Bonchev–Trinajstić information content (AvgIpc) is 2.96.